The molecule has 7 nitrogen and oxygen atoms in total. The third-order valence-electron chi connectivity index (χ3n) is 2.25. The Hall–Kier alpha value is -1.77. The minimum Gasteiger partial charge on any atom is -0.313 e. The maximum Gasteiger partial charge on any atom is 0.325 e. The summed E-state index contributed by atoms with van der Waals surface area (Å²) < 4.78 is 26.2. The SMILES string of the molecule is O=c1[nH]cc(S(=O)(=O)Nc2ccc(Cl)cc2Cl)c(=O)[nH]1. The Morgan fingerprint density at radius 3 is 2.45 bits per heavy atom. The molecule has 0 aliphatic carbocycles. The van der Waals surface area contributed by atoms with Gasteiger partial charge in [-0.2, -0.15) is 0 Å². The smallest absolute Gasteiger partial charge is 0.313 e. The number of sulfonamides is 1. The van der Waals surface area contributed by atoms with Crippen LogP contribution in [-0.4, -0.2) is 18.4 Å². The molecule has 0 saturated heterocycles. The summed E-state index contributed by atoms with van der Waals surface area (Å²) in [7, 11) is -4.19. The highest BCUT2D eigenvalue weighted by Crippen LogP contribution is 2.26. The molecule has 1 aromatic carbocycles. The molecule has 2 rings (SSSR count). The topological polar surface area (TPSA) is 112 Å². The van der Waals surface area contributed by atoms with Crippen molar-refractivity contribution in [2.24, 2.45) is 0 Å². The van der Waals surface area contributed by atoms with Crippen LogP contribution in [0.25, 0.3) is 0 Å². The summed E-state index contributed by atoms with van der Waals surface area (Å²) in [6.07, 6.45) is 0.799. The number of aromatic nitrogens is 2. The number of benzene rings is 1. The summed E-state index contributed by atoms with van der Waals surface area (Å²) in [6, 6.07) is 4.13. The van der Waals surface area contributed by atoms with E-state index in [9.17, 15) is 18.0 Å². The normalized spacial score (nSPS) is 11.3. The van der Waals surface area contributed by atoms with Crippen LogP contribution in [0.15, 0.2) is 38.9 Å². The number of H-pyrrole nitrogens is 2. The molecule has 10 heteroatoms. The van der Waals surface area contributed by atoms with E-state index in [0.717, 1.165) is 6.20 Å². The summed E-state index contributed by atoms with van der Waals surface area (Å²) in [5.41, 5.74) is -1.79. The molecule has 1 aromatic heterocycles. The van der Waals surface area contributed by atoms with E-state index in [-0.39, 0.29) is 10.7 Å². The minimum absolute atomic E-state index is 0.0571. The van der Waals surface area contributed by atoms with Crippen molar-refractivity contribution in [3.8, 4) is 0 Å². The van der Waals surface area contributed by atoms with Crippen molar-refractivity contribution in [2.45, 2.75) is 4.90 Å². The molecule has 0 aliphatic rings. The first-order valence-corrected chi connectivity index (χ1v) is 7.33. The van der Waals surface area contributed by atoms with Gasteiger partial charge < -0.3 is 4.98 Å². The molecule has 1 heterocycles. The lowest BCUT2D eigenvalue weighted by atomic mass is 10.3. The lowest BCUT2D eigenvalue weighted by Gasteiger charge is -2.08. The van der Waals surface area contributed by atoms with Crippen LogP contribution in [0, 0.1) is 0 Å². The molecule has 0 unspecified atom stereocenters. The van der Waals surface area contributed by atoms with E-state index in [0.29, 0.717) is 5.02 Å². The average molecular weight is 336 g/mol. The van der Waals surface area contributed by atoms with Gasteiger partial charge in [-0.15, -0.1) is 0 Å². The Morgan fingerprint density at radius 2 is 1.85 bits per heavy atom. The zero-order chi connectivity index (χ0) is 14.9. The summed E-state index contributed by atoms with van der Waals surface area (Å²) in [4.78, 5) is 25.6. The first-order chi connectivity index (χ1) is 9.29. The molecule has 0 aliphatic heterocycles. The number of rotatable bonds is 3. The van der Waals surface area contributed by atoms with Crippen molar-refractivity contribution in [2.75, 3.05) is 4.72 Å². The lowest BCUT2D eigenvalue weighted by Crippen LogP contribution is -2.29. The summed E-state index contributed by atoms with van der Waals surface area (Å²) in [5, 5.41) is 0.404. The van der Waals surface area contributed by atoms with Crippen LogP contribution in [0.4, 0.5) is 5.69 Å². The predicted molar refractivity (Wildman–Crippen MR) is 75.0 cm³/mol. The number of anilines is 1. The van der Waals surface area contributed by atoms with Crippen molar-refractivity contribution in [1.82, 2.24) is 9.97 Å². The first-order valence-electron chi connectivity index (χ1n) is 5.09. The summed E-state index contributed by atoms with van der Waals surface area (Å²) >= 11 is 11.5. The van der Waals surface area contributed by atoms with Crippen molar-refractivity contribution >= 4 is 38.9 Å². The first kappa shape index (κ1) is 14.6. The molecular weight excluding hydrogens is 329 g/mol. The molecule has 3 N–H and O–H groups in total. The Kier molecular flexibility index (Phi) is 3.89. The molecule has 0 radical (unpaired) electrons. The van der Waals surface area contributed by atoms with Crippen molar-refractivity contribution in [3.63, 3.8) is 0 Å². The van der Waals surface area contributed by atoms with Gasteiger partial charge in [0.05, 0.1) is 10.7 Å². The molecule has 0 fully saturated rings. The second-order valence-electron chi connectivity index (χ2n) is 3.67. The zero-order valence-electron chi connectivity index (χ0n) is 9.61. The van der Waals surface area contributed by atoms with Gasteiger partial charge in [0, 0.05) is 11.2 Å². The number of halogens is 2. The molecule has 20 heavy (non-hydrogen) atoms. The highest BCUT2D eigenvalue weighted by molar-refractivity contribution is 7.92. The molecule has 0 spiro atoms. The third kappa shape index (κ3) is 3.03. The largest absolute Gasteiger partial charge is 0.325 e. The molecule has 2 aromatic rings. The average Bonchev–Trinajstić information content (AvgIpc) is 2.32. The van der Waals surface area contributed by atoms with Crippen LogP contribution in [0.3, 0.4) is 0 Å². The van der Waals surface area contributed by atoms with E-state index in [1.165, 1.54) is 18.2 Å². The Morgan fingerprint density at radius 1 is 1.15 bits per heavy atom. The number of hydrogen-bond donors (Lipinski definition) is 3. The lowest BCUT2D eigenvalue weighted by molar-refractivity contribution is 0.599. The zero-order valence-corrected chi connectivity index (χ0v) is 11.9. The van der Waals surface area contributed by atoms with E-state index in [1.807, 2.05) is 4.98 Å². The fourth-order valence-electron chi connectivity index (χ4n) is 1.37. The van der Waals surface area contributed by atoms with Gasteiger partial charge in [-0.3, -0.25) is 14.5 Å². The van der Waals surface area contributed by atoms with Crippen LogP contribution in [-0.2, 0) is 10.0 Å². The van der Waals surface area contributed by atoms with Gasteiger partial charge in [0.1, 0.15) is 0 Å². The number of aromatic amines is 2. The van der Waals surface area contributed by atoms with Gasteiger partial charge in [0.25, 0.3) is 15.6 Å². The predicted octanol–water partition coefficient (Wildman–Crippen LogP) is 1.17. The Labute approximate surface area is 122 Å². The highest BCUT2D eigenvalue weighted by Gasteiger charge is 2.20. The van der Waals surface area contributed by atoms with Gasteiger partial charge in [0.15, 0.2) is 4.90 Å². The van der Waals surface area contributed by atoms with Crippen LogP contribution in [0.5, 0.6) is 0 Å². The Bertz CT molecular complexity index is 873. The van der Waals surface area contributed by atoms with Gasteiger partial charge in [0.2, 0.25) is 0 Å². The van der Waals surface area contributed by atoms with E-state index in [1.54, 1.807) is 0 Å². The monoisotopic (exact) mass is 335 g/mol. The molecule has 0 atom stereocenters. The molecule has 0 bridgehead atoms. The fraction of sp³-hybridized carbons (Fsp3) is 0. The van der Waals surface area contributed by atoms with Crippen LogP contribution in [0.1, 0.15) is 0 Å². The number of hydrogen-bond acceptors (Lipinski definition) is 4. The highest BCUT2D eigenvalue weighted by atomic mass is 35.5. The van der Waals surface area contributed by atoms with E-state index < -0.39 is 26.2 Å². The quantitative estimate of drug-likeness (QED) is 0.781. The maximum atomic E-state index is 12.0. The van der Waals surface area contributed by atoms with Crippen molar-refractivity contribution < 1.29 is 8.42 Å². The molecular formula is C10H7Cl2N3O4S. The second kappa shape index (κ2) is 5.31. The minimum atomic E-state index is -4.19. The summed E-state index contributed by atoms with van der Waals surface area (Å²) in [5.74, 6) is 0. The van der Waals surface area contributed by atoms with Gasteiger partial charge in [-0.1, -0.05) is 23.2 Å². The molecule has 0 amide bonds. The van der Waals surface area contributed by atoms with Gasteiger partial charge >= 0.3 is 5.69 Å². The van der Waals surface area contributed by atoms with Crippen molar-refractivity contribution in [3.05, 3.63) is 55.3 Å². The van der Waals surface area contributed by atoms with E-state index in [4.69, 9.17) is 23.2 Å². The number of nitrogens with one attached hydrogen (secondary N) is 3. The summed E-state index contributed by atoms with van der Waals surface area (Å²) in [6.45, 7) is 0. The van der Waals surface area contributed by atoms with Crippen LogP contribution in [0.2, 0.25) is 10.0 Å². The van der Waals surface area contributed by atoms with Crippen LogP contribution >= 0.6 is 23.2 Å². The molecule has 106 valence electrons. The standard InChI is InChI=1S/C10H7Cl2N3O4S/c11-5-1-2-7(6(12)3-5)15-20(18,19)8-4-13-10(17)14-9(8)16/h1-4,15H,(H2,13,14,16,17). The maximum absolute atomic E-state index is 12.0. The second-order valence-corrected chi connectivity index (χ2v) is 6.16. The van der Waals surface area contributed by atoms with Crippen LogP contribution < -0.4 is 16.0 Å². The van der Waals surface area contributed by atoms with E-state index >= 15 is 0 Å². The van der Waals surface area contributed by atoms with Gasteiger partial charge in [-0.25, -0.2) is 13.2 Å². The molecule has 0 saturated carbocycles. The third-order valence-corrected chi connectivity index (χ3v) is 4.17. The van der Waals surface area contributed by atoms with Gasteiger partial charge in [-0.05, 0) is 18.2 Å². The van der Waals surface area contributed by atoms with Crippen molar-refractivity contribution in [1.29, 1.82) is 0 Å². The fourth-order valence-corrected chi connectivity index (χ4v) is 2.97. The Balaban J connectivity index is 2.46. The van der Waals surface area contributed by atoms with E-state index in [2.05, 4.69) is 9.71 Å².